The maximum Gasteiger partial charge on any atom is 0.165 e. The van der Waals surface area contributed by atoms with Crippen LogP contribution >= 0.6 is 0 Å². The van der Waals surface area contributed by atoms with Gasteiger partial charge in [0.1, 0.15) is 0 Å². The van der Waals surface area contributed by atoms with E-state index in [4.69, 9.17) is 9.47 Å². The molecule has 2 aliphatic rings. The predicted molar refractivity (Wildman–Crippen MR) is 81.9 cm³/mol. The van der Waals surface area contributed by atoms with Gasteiger partial charge in [0.15, 0.2) is 11.5 Å². The van der Waals surface area contributed by atoms with Crippen molar-refractivity contribution in [1.29, 1.82) is 0 Å². The van der Waals surface area contributed by atoms with Gasteiger partial charge >= 0.3 is 0 Å². The van der Waals surface area contributed by atoms with Crippen LogP contribution in [0.3, 0.4) is 0 Å². The van der Waals surface area contributed by atoms with Gasteiger partial charge < -0.3 is 19.5 Å². The number of nitrogens with zero attached hydrogens (tertiary/aromatic N) is 1. The Labute approximate surface area is 126 Å². The van der Waals surface area contributed by atoms with Gasteiger partial charge in [-0.1, -0.05) is 18.2 Å². The van der Waals surface area contributed by atoms with E-state index in [0.29, 0.717) is 13.0 Å². The van der Waals surface area contributed by atoms with Crippen molar-refractivity contribution in [2.24, 2.45) is 0 Å². The lowest BCUT2D eigenvalue weighted by atomic mass is 9.90. The van der Waals surface area contributed by atoms with Crippen LogP contribution < -0.4 is 9.47 Å². The standard InChI is InChI=1S/C17H23NO3/c1-18-9-7-12-3-5-14(19)8-10-21-17-15(20-2)6-4-13(11-18)16(12)17/h3-6,12,14,19H,7-11H2,1-2H3/b5-3-/t12-,14-/m0/s1. The number of benzene rings is 1. The first-order valence-electron chi connectivity index (χ1n) is 7.56. The van der Waals surface area contributed by atoms with E-state index in [0.717, 1.165) is 31.0 Å². The van der Waals surface area contributed by atoms with Gasteiger partial charge in [-0.05, 0) is 31.6 Å². The van der Waals surface area contributed by atoms with Crippen molar-refractivity contribution in [2.45, 2.75) is 31.4 Å². The minimum absolute atomic E-state index is 0.266. The van der Waals surface area contributed by atoms with E-state index in [1.807, 2.05) is 12.1 Å². The van der Waals surface area contributed by atoms with Crippen molar-refractivity contribution in [3.05, 3.63) is 35.4 Å². The molecule has 1 aromatic rings. The number of hydrogen-bond acceptors (Lipinski definition) is 4. The summed E-state index contributed by atoms with van der Waals surface area (Å²) in [4.78, 5) is 2.32. The van der Waals surface area contributed by atoms with Crippen LogP contribution in [0.25, 0.3) is 0 Å². The highest BCUT2D eigenvalue weighted by atomic mass is 16.5. The average Bonchev–Trinajstić information content (AvgIpc) is 2.57. The Balaban J connectivity index is 2.13. The molecule has 2 atom stereocenters. The van der Waals surface area contributed by atoms with Crippen LogP contribution in [0, 0.1) is 0 Å². The largest absolute Gasteiger partial charge is 0.493 e. The highest BCUT2D eigenvalue weighted by Gasteiger charge is 2.26. The molecule has 114 valence electrons. The first-order chi connectivity index (χ1) is 10.2. The number of rotatable bonds is 1. The summed E-state index contributed by atoms with van der Waals surface area (Å²) in [5.41, 5.74) is 2.51. The number of hydrogen-bond donors (Lipinski definition) is 1. The highest BCUT2D eigenvalue weighted by molar-refractivity contribution is 5.54. The second-order valence-corrected chi connectivity index (χ2v) is 5.89. The molecule has 0 fully saturated rings. The molecule has 0 unspecified atom stereocenters. The van der Waals surface area contributed by atoms with E-state index >= 15 is 0 Å². The van der Waals surface area contributed by atoms with E-state index in [-0.39, 0.29) is 5.92 Å². The van der Waals surface area contributed by atoms with Crippen LogP contribution in [0.2, 0.25) is 0 Å². The number of ether oxygens (including phenoxy) is 2. The van der Waals surface area contributed by atoms with Crippen molar-refractivity contribution < 1.29 is 14.6 Å². The minimum atomic E-state index is -0.435. The summed E-state index contributed by atoms with van der Waals surface area (Å²) in [6.45, 7) is 2.45. The molecular formula is C17H23NO3. The molecule has 1 aromatic carbocycles. The zero-order chi connectivity index (χ0) is 14.8. The third-order valence-corrected chi connectivity index (χ3v) is 4.33. The molecule has 4 heteroatoms. The molecule has 0 aromatic heterocycles. The summed E-state index contributed by atoms with van der Waals surface area (Å²) in [5, 5.41) is 9.96. The van der Waals surface area contributed by atoms with Gasteiger partial charge in [0.2, 0.25) is 0 Å². The lowest BCUT2D eigenvalue weighted by Gasteiger charge is -2.20. The molecule has 0 bridgehead atoms. The van der Waals surface area contributed by atoms with Gasteiger partial charge in [0.25, 0.3) is 0 Å². The molecule has 0 amide bonds. The Kier molecular flexibility index (Phi) is 4.17. The molecule has 0 radical (unpaired) electrons. The maximum absolute atomic E-state index is 9.96. The molecule has 21 heavy (non-hydrogen) atoms. The van der Waals surface area contributed by atoms with Crippen LogP contribution in [-0.2, 0) is 6.54 Å². The van der Waals surface area contributed by atoms with Crippen molar-refractivity contribution in [3.8, 4) is 11.5 Å². The molecule has 4 nitrogen and oxygen atoms in total. The summed E-state index contributed by atoms with van der Waals surface area (Å²) in [6, 6.07) is 4.13. The van der Waals surface area contributed by atoms with Crippen molar-refractivity contribution in [2.75, 3.05) is 27.3 Å². The lowest BCUT2D eigenvalue weighted by molar-refractivity contribution is 0.176. The summed E-state index contributed by atoms with van der Waals surface area (Å²) in [5.74, 6) is 1.91. The Morgan fingerprint density at radius 1 is 1.29 bits per heavy atom. The normalized spacial score (nSPS) is 27.4. The zero-order valence-corrected chi connectivity index (χ0v) is 12.7. The molecule has 2 heterocycles. The van der Waals surface area contributed by atoms with Gasteiger partial charge in [0.05, 0.1) is 19.8 Å². The zero-order valence-electron chi connectivity index (χ0n) is 12.7. The summed E-state index contributed by atoms with van der Waals surface area (Å²) in [7, 11) is 3.82. The Morgan fingerprint density at radius 2 is 2.14 bits per heavy atom. The van der Waals surface area contributed by atoms with Crippen molar-refractivity contribution >= 4 is 0 Å². The molecule has 2 aliphatic heterocycles. The second kappa shape index (κ2) is 6.08. The van der Waals surface area contributed by atoms with Gasteiger partial charge in [0, 0.05) is 24.4 Å². The fourth-order valence-corrected chi connectivity index (χ4v) is 3.18. The predicted octanol–water partition coefficient (Wildman–Crippen LogP) is 2.31. The minimum Gasteiger partial charge on any atom is -0.493 e. The van der Waals surface area contributed by atoms with Gasteiger partial charge in [-0.3, -0.25) is 0 Å². The van der Waals surface area contributed by atoms with Crippen molar-refractivity contribution in [3.63, 3.8) is 0 Å². The molecule has 1 N–H and O–H groups in total. The number of allylic oxidation sites excluding steroid dienone is 1. The lowest BCUT2D eigenvalue weighted by Crippen LogP contribution is -2.17. The third kappa shape index (κ3) is 2.92. The average molecular weight is 289 g/mol. The second-order valence-electron chi connectivity index (χ2n) is 5.89. The molecule has 3 rings (SSSR count). The van der Waals surface area contributed by atoms with Crippen LogP contribution in [0.4, 0.5) is 0 Å². The molecule has 0 saturated heterocycles. The van der Waals surface area contributed by atoms with Gasteiger partial charge in [-0.2, -0.15) is 0 Å². The van der Waals surface area contributed by atoms with Gasteiger partial charge in [-0.15, -0.1) is 0 Å². The first-order valence-corrected chi connectivity index (χ1v) is 7.56. The Morgan fingerprint density at radius 3 is 2.95 bits per heavy atom. The van der Waals surface area contributed by atoms with Crippen LogP contribution in [0.15, 0.2) is 24.3 Å². The van der Waals surface area contributed by atoms with Crippen LogP contribution in [0.5, 0.6) is 11.5 Å². The first kappa shape index (κ1) is 14.4. The SMILES string of the molecule is COc1ccc2c3c1OCC[C@@H](O)/C=C\[C@H]3CCN(C)C2. The topological polar surface area (TPSA) is 41.9 Å². The summed E-state index contributed by atoms with van der Waals surface area (Å²) < 4.78 is 11.5. The molecule has 0 aliphatic carbocycles. The van der Waals surface area contributed by atoms with E-state index in [2.05, 4.69) is 24.1 Å². The Hall–Kier alpha value is -1.52. The van der Waals surface area contributed by atoms with Crippen LogP contribution in [-0.4, -0.2) is 43.4 Å². The molecule has 0 spiro atoms. The number of methoxy groups -OCH3 is 1. The summed E-state index contributed by atoms with van der Waals surface area (Å²) >= 11 is 0. The van der Waals surface area contributed by atoms with Crippen molar-refractivity contribution in [1.82, 2.24) is 4.90 Å². The van der Waals surface area contributed by atoms with E-state index < -0.39 is 6.10 Å². The highest BCUT2D eigenvalue weighted by Crippen LogP contribution is 2.42. The fraction of sp³-hybridized carbons (Fsp3) is 0.529. The Bertz CT molecular complexity index is 541. The number of aliphatic hydroxyl groups excluding tert-OH is 1. The molecule has 0 saturated carbocycles. The van der Waals surface area contributed by atoms with E-state index in [1.165, 1.54) is 11.1 Å². The maximum atomic E-state index is 9.96. The van der Waals surface area contributed by atoms with Crippen LogP contribution in [0.1, 0.15) is 29.9 Å². The van der Waals surface area contributed by atoms with E-state index in [1.54, 1.807) is 7.11 Å². The van der Waals surface area contributed by atoms with E-state index in [9.17, 15) is 5.11 Å². The monoisotopic (exact) mass is 289 g/mol. The summed E-state index contributed by atoms with van der Waals surface area (Å²) in [6.07, 6.45) is 5.25. The number of aliphatic hydroxyl groups is 1. The molecular weight excluding hydrogens is 266 g/mol. The third-order valence-electron chi connectivity index (χ3n) is 4.33. The quantitative estimate of drug-likeness (QED) is 0.806. The fourth-order valence-electron chi connectivity index (χ4n) is 3.18. The smallest absolute Gasteiger partial charge is 0.165 e. The van der Waals surface area contributed by atoms with Gasteiger partial charge in [-0.25, -0.2) is 0 Å².